The Morgan fingerprint density at radius 1 is 1.27 bits per heavy atom. The summed E-state index contributed by atoms with van der Waals surface area (Å²) >= 11 is 0. The van der Waals surface area contributed by atoms with Gasteiger partial charge in [0.1, 0.15) is 14.2 Å². The van der Waals surface area contributed by atoms with Crippen molar-refractivity contribution in [2.75, 3.05) is 0 Å². The molecule has 26 heavy (non-hydrogen) atoms. The van der Waals surface area contributed by atoms with E-state index in [2.05, 4.69) is 40.9 Å². The van der Waals surface area contributed by atoms with Gasteiger partial charge in [0.15, 0.2) is 0 Å². The molecule has 1 atom stereocenters. The van der Waals surface area contributed by atoms with Crippen molar-refractivity contribution in [3.63, 3.8) is 0 Å². The molecule has 2 rings (SSSR count). The third-order valence-electron chi connectivity index (χ3n) is 5.36. The Kier molecular flexibility index (Phi) is 6.64. The molecule has 1 aliphatic rings. The van der Waals surface area contributed by atoms with Crippen LogP contribution in [0.2, 0.25) is 6.04 Å². The first kappa shape index (κ1) is 20.7. The van der Waals surface area contributed by atoms with E-state index in [-0.39, 0.29) is 5.41 Å². The van der Waals surface area contributed by atoms with E-state index in [1.54, 1.807) is 12.1 Å². The maximum Gasteiger partial charge on any atom is 0.373 e. The average molecular weight is 372 g/mol. The van der Waals surface area contributed by atoms with Gasteiger partial charge in [-0.05, 0) is 48.8 Å². The molecule has 1 unspecified atom stereocenters. The van der Waals surface area contributed by atoms with Gasteiger partial charge >= 0.3 is 5.97 Å². The Balaban J connectivity index is 2.00. The lowest BCUT2D eigenvalue weighted by atomic mass is 9.71. The summed E-state index contributed by atoms with van der Waals surface area (Å²) in [7, 11) is -1.88. The van der Waals surface area contributed by atoms with Crippen LogP contribution in [-0.4, -0.2) is 14.0 Å². The molecule has 0 heterocycles. The number of hydrogen-bond acceptors (Lipinski definition) is 3. The van der Waals surface area contributed by atoms with Crippen molar-refractivity contribution in [2.24, 2.45) is 11.3 Å². The standard InChI is InChI=1S/C22H31O3Si/c1-7-26(8-2,9-3)20-12-10-18(11-13-20)21(23)25-24-19-14-17(4)15-22(5,6)16-19/h7-8,10-13,17H,1-2,9,14-16H2,3-6H3. The quantitative estimate of drug-likeness (QED) is 0.372. The van der Waals surface area contributed by atoms with Crippen LogP contribution in [0, 0.1) is 17.4 Å². The third-order valence-corrected chi connectivity index (χ3v) is 9.39. The summed E-state index contributed by atoms with van der Waals surface area (Å²) in [6.07, 6.45) is 3.69. The van der Waals surface area contributed by atoms with Crippen LogP contribution in [0.15, 0.2) is 48.8 Å². The Morgan fingerprint density at radius 2 is 1.88 bits per heavy atom. The minimum absolute atomic E-state index is 0.185. The number of hydrogen-bond donors (Lipinski definition) is 0. The molecule has 0 aliphatic heterocycles. The van der Waals surface area contributed by atoms with Gasteiger partial charge in [0.05, 0.1) is 5.56 Å². The molecule has 1 aliphatic carbocycles. The maximum absolute atomic E-state index is 12.3. The first-order valence-corrected chi connectivity index (χ1v) is 11.7. The van der Waals surface area contributed by atoms with Crippen molar-refractivity contribution in [1.29, 1.82) is 0 Å². The van der Waals surface area contributed by atoms with Crippen LogP contribution in [0.4, 0.5) is 0 Å². The molecular formula is C22H31O3Si. The van der Waals surface area contributed by atoms with Crippen molar-refractivity contribution in [1.82, 2.24) is 0 Å². The van der Waals surface area contributed by atoms with Crippen molar-refractivity contribution in [3.05, 3.63) is 60.5 Å². The van der Waals surface area contributed by atoms with E-state index in [9.17, 15) is 4.79 Å². The number of carbonyl (C=O) groups excluding carboxylic acids is 1. The SMILES string of the molecule is C=C[Si](C=C)(CC)c1ccc(C(=O)OO[C]2CC(C)CC(C)(C)C2)cc1. The molecule has 3 nitrogen and oxygen atoms in total. The zero-order chi connectivity index (χ0) is 19.4. The molecule has 1 radical (unpaired) electrons. The summed E-state index contributed by atoms with van der Waals surface area (Å²) in [5.41, 5.74) is 4.73. The monoisotopic (exact) mass is 371 g/mol. The molecule has 1 saturated carbocycles. The summed E-state index contributed by atoms with van der Waals surface area (Å²) < 4.78 is 0. The summed E-state index contributed by atoms with van der Waals surface area (Å²) in [6, 6.07) is 8.55. The number of carbonyl (C=O) groups is 1. The molecule has 1 fully saturated rings. The van der Waals surface area contributed by atoms with Crippen molar-refractivity contribution < 1.29 is 14.6 Å². The largest absolute Gasteiger partial charge is 0.373 e. The maximum atomic E-state index is 12.3. The minimum atomic E-state index is -1.88. The fourth-order valence-corrected chi connectivity index (χ4v) is 6.43. The molecule has 0 aromatic heterocycles. The molecule has 1 aromatic carbocycles. The van der Waals surface area contributed by atoms with Crippen LogP contribution >= 0.6 is 0 Å². The Morgan fingerprint density at radius 3 is 2.38 bits per heavy atom. The van der Waals surface area contributed by atoms with Gasteiger partial charge < -0.3 is 0 Å². The number of rotatable bonds is 7. The summed E-state index contributed by atoms with van der Waals surface area (Å²) in [5, 5.41) is 1.19. The lowest BCUT2D eigenvalue weighted by molar-refractivity contribution is -0.245. The van der Waals surface area contributed by atoms with Gasteiger partial charge in [-0.2, -0.15) is 4.89 Å². The Bertz CT molecular complexity index is 640. The molecular weight excluding hydrogens is 340 g/mol. The predicted molar refractivity (Wildman–Crippen MR) is 109 cm³/mol. The zero-order valence-electron chi connectivity index (χ0n) is 16.5. The fraction of sp³-hybridized carbons (Fsp3) is 0.455. The Hall–Kier alpha value is -1.65. The van der Waals surface area contributed by atoms with Gasteiger partial charge in [-0.1, -0.05) is 56.4 Å². The first-order valence-electron chi connectivity index (χ1n) is 9.36. The summed E-state index contributed by atoms with van der Waals surface area (Å²) in [4.78, 5) is 22.8. The van der Waals surface area contributed by atoms with Gasteiger partial charge in [-0.3, -0.25) is 4.89 Å². The molecule has 0 spiro atoms. The van der Waals surface area contributed by atoms with Crippen molar-refractivity contribution in [2.45, 2.75) is 53.0 Å². The van der Waals surface area contributed by atoms with E-state index in [4.69, 9.17) is 9.78 Å². The molecule has 0 amide bonds. The van der Waals surface area contributed by atoms with Gasteiger partial charge in [0.2, 0.25) is 0 Å². The van der Waals surface area contributed by atoms with E-state index < -0.39 is 14.0 Å². The zero-order valence-corrected chi connectivity index (χ0v) is 17.5. The van der Waals surface area contributed by atoms with Gasteiger partial charge in [0.25, 0.3) is 0 Å². The molecule has 1 aromatic rings. The van der Waals surface area contributed by atoms with Crippen LogP contribution in [0.5, 0.6) is 0 Å². The molecule has 0 N–H and O–H groups in total. The highest BCUT2D eigenvalue weighted by molar-refractivity contribution is 6.99. The van der Waals surface area contributed by atoms with Crippen LogP contribution in [0.3, 0.4) is 0 Å². The third kappa shape index (κ3) is 4.74. The van der Waals surface area contributed by atoms with Crippen molar-refractivity contribution in [3.8, 4) is 0 Å². The van der Waals surface area contributed by atoms with E-state index >= 15 is 0 Å². The van der Waals surface area contributed by atoms with Crippen LogP contribution in [0.25, 0.3) is 0 Å². The van der Waals surface area contributed by atoms with Crippen LogP contribution in [0.1, 0.15) is 57.3 Å². The topological polar surface area (TPSA) is 35.5 Å². The minimum Gasteiger partial charge on any atom is -0.292 e. The first-order chi connectivity index (χ1) is 12.2. The van der Waals surface area contributed by atoms with Gasteiger partial charge in [0, 0.05) is 0 Å². The Labute approximate surface area is 159 Å². The molecule has 0 bridgehead atoms. The molecule has 4 heteroatoms. The molecule has 141 valence electrons. The van der Waals surface area contributed by atoms with Crippen LogP contribution < -0.4 is 5.19 Å². The van der Waals surface area contributed by atoms with Crippen LogP contribution in [-0.2, 0) is 9.78 Å². The van der Waals surface area contributed by atoms with Crippen molar-refractivity contribution >= 4 is 19.2 Å². The smallest absolute Gasteiger partial charge is 0.292 e. The van der Waals surface area contributed by atoms with E-state index in [1.165, 1.54) is 5.19 Å². The normalized spacial score (nSPS) is 20.4. The average Bonchev–Trinajstić information content (AvgIpc) is 2.60. The van der Waals surface area contributed by atoms with Gasteiger partial charge in [-0.25, -0.2) is 4.79 Å². The lowest BCUT2D eigenvalue weighted by Crippen LogP contribution is -2.43. The molecule has 0 saturated heterocycles. The summed E-state index contributed by atoms with van der Waals surface area (Å²) in [6.45, 7) is 16.8. The second kappa shape index (κ2) is 8.36. The predicted octanol–water partition coefficient (Wildman–Crippen LogP) is 5.28. The van der Waals surface area contributed by atoms with Gasteiger partial charge in [-0.15, -0.1) is 13.2 Å². The highest BCUT2D eigenvalue weighted by atomic mass is 28.3. The fourth-order valence-electron chi connectivity index (χ4n) is 4.02. The summed E-state index contributed by atoms with van der Waals surface area (Å²) in [5.74, 6) is 0.0812. The van der Waals surface area contributed by atoms with E-state index in [1.807, 2.05) is 23.5 Å². The highest BCUT2D eigenvalue weighted by Gasteiger charge is 2.35. The lowest BCUT2D eigenvalue weighted by Gasteiger charge is -2.36. The van der Waals surface area contributed by atoms with E-state index in [0.29, 0.717) is 11.5 Å². The second-order valence-electron chi connectivity index (χ2n) is 8.23. The highest BCUT2D eigenvalue weighted by Crippen LogP contribution is 2.43. The number of benzene rings is 1. The second-order valence-corrected chi connectivity index (χ2v) is 12.4. The van der Waals surface area contributed by atoms with E-state index in [0.717, 1.165) is 31.4 Å².